The van der Waals surface area contributed by atoms with Crippen LogP contribution in [0.4, 0.5) is 0 Å². The van der Waals surface area contributed by atoms with Crippen LogP contribution in [0, 0.1) is 23.7 Å². The number of carbonyl (C=O) groups excluding carboxylic acids is 5. The third-order valence-electron chi connectivity index (χ3n) is 10.7. The number of aliphatic hydroxyl groups is 3. The summed E-state index contributed by atoms with van der Waals surface area (Å²) in [4.78, 5) is 66.7. The van der Waals surface area contributed by atoms with Gasteiger partial charge < -0.3 is 78.7 Å². The van der Waals surface area contributed by atoms with Crippen molar-refractivity contribution in [1.29, 1.82) is 0 Å². The number of hydrogen-bond acceptors (Lipinski definition) is 20. The van der Waals surface area contributed by atoms with Crippen LogP contribution < -0.4 is 18.9 Å². The normalized spacial score (nSPS) is 18.4. The summed E-state index contributed by atoms with van der Waals surface area (Å²) in [5.41, 5.74) is -4.07. The summed E-state index contributed by atoms with van der Waals surface area (Å²) in [6, 6.07) is 0. The molecule has 5 aliphatic rings. The minimum Gasteiger partial charge on any atom is -0.870 e. The van der Waals surface area contributed by atoms with Crippen molar-refractivity contribution >= 4 is 51.7 Å². The van der Waals surface area contributed by atoms with Crippen molar-refractivity contribution < 1.29 is 126 Å². The molecular weight excluding hydrogens is 943 g/mol. The largest absolute Gasteiger partial charge is 1.00 e. The van der Waals surface area contributed by atoms with E-state index < -0.39 is 65.3 Å². The van der Waals surface area contributed by atoms with E-state index in [1.807, 2.05) is 0 Å². The van der Waals surface area contributed by atoms with Crippen molar-refractivity contribution in [3.8, 4) is 0 Å². The van der Waals surface area contributed by atoms with Gasteiger partial charge in [-0.2, -0.15) is 0 Å². The van der Waals surface area contributed by atoms with Crippen LogP contribution in [0.1, 0.15) is 83.5 Å². The van der Waals surface area contributed by atoms with E-state index >= 15 is 0 Å². The molecule has 4 aliphatic carbocycles. The molecule has 0 aromatic carbocycles. The number of methoxy groups -OCH3 is 9. The van der Waals surface area contributed by atoms with Gasteiger partial charge in [0.05, 0.1) is 61.5 Å². The number of hydrogen-bond donors (Lipinski definition) is 4. The molecule has 0 amide bonds. The number of alkyl halides is 1. The van der Waals surface area contributed by atoms with Crippen molar-refractivity contribution in [2.45, 2.75) is 112 Å². The van der Waals surface area contributed by atoms with Crippen molar-refractivity contribution in [3.63, 3.8) is 0 Å². The zero-order valence-corrected chi connectivity index (χ0v) is 41.9. The fraction of sp³-hybridized carbons (Fsp3) is 0.857. The fourth-order valence-electron chi connectivity index (χ4n) is 5.78. The molecule has 1 heterocycles. The van der Waals surface area contributed by atoms with Gasteiger partial charge in [-0.3, -0.25) is 0 Å². The Hall–Kier alpha value is -2.50. The first-order valence-corrected chi connectivity index (χ1v) is 21.9. The first-order valence-electron chi connectivity index (χ1n) is 20.8. The molecule has 4 saturated carbocycles. The van der Waals surface area contributed by atoms with E-state index in [0.29, 0.717) is 37.0 Å². The molecule has 3 atom stereocenters. The van der Waals surface area contributed by atoms with Crippen molar-refractivity contribution in [3.05, 3.63) is 0 Å². The average molecular weight is 1020 g/mol. The maximum atomic E-state index is 11.6. The summed E-state index contributed by atoms with van der Waals surface area (Å²) in [6.45, 7) is 0.271. The molecule has 7 N–H and O–H groups in total. The third-order valence-corrected chi connectivity index (χ3v) is 11.6. The molecule has 1 aliphatic heterocycles. The number of esters is 5. The summed E-state index contributed by atoms with van der Waals surface area (Å²) in [5.74, 6) is -2.13. The maximum Gasteiger partial charge on any atom is 1.00 e. The zero-order chi connectivity index (χ0) is 48.2. The molecule has 24 heteroatoms. The van der Waals surface area contributed by atoms with Gasteiger partial charge in [0.25, 0.3) is 11.7 Å². The van der Waals surface area contributed by atoms with Crippen LogP contribution in [0.25, 0.3) is 0 Å². The molecule has 66 heavy (non-hydrogen) atoms. The van der Waals surface area contributed by atoms with Crippen LogP contribution in [0.15, 0.2) is 0 Å². The van der Waals surface area contributed by atoms with Crippen LogP contribution in [0.2, 0.25) is 0 Å². The number of carbonyl (C=O) groups is 6. The summed E-state index contributed by atoms with van der Waals surface area (Å²) in [7, 11) is 11.4. The number of carboxylic acid groups (broad SMARTS) is 1. The number of ether oxygens (including phenoxy) is 10. The Morgan fingerprint density at radius 1 is 0.591 bits per heavy atom. The Balaban J connectivity index is -0.000000355. The van der Waals surface area contributed by atoms with Crippen LogP contribution in [-0.2, 0) is 76.1 Å². The van der Waals surface area contributed by atoms with Gasteiger partial charge in [0.1, 0.15) is 0 Å². The van der Waals surface area contributed by atoms with Gasteiger partial charge in [-0.1, -0.05) is 54.5 Å². The van der Waals surface area contributed by atoms with Crippen molar-refractivity contribution in [2.24, 2.45) is 23.7 Å². The quantitative estimate of drug-likeness (QED) is 0.0351. The number of aliphatic hydroxyl groups excluding tert-OH is 3. The van der Waals surface area contributed by atoms with Crippen molar-refractivity contribution in [1.82, 2.24) is 0 Å². The molecule has 384 valence electrons. The number of rotatable bonds is 20. The Morgan fingerprint density at radius 2 is 0.985 bits per heavy atom. The van der Waals surface area contributed by atoms with E-state index in [9.17, 15) is 28.8 Å². The predicted octanol–water partition coefficient (Wildman–Crippen LogP) is -1.60. The zero-order valence-electron chi connectivity index (χ0n) is 40.3. The first kappa shape index (κ1) is 70.1. The van der Waals surface area contributed by atoms with E-state index in [1.165, 1.54) is 67.9 Å². The molecule has 5 rings (SSSR count). The van der Waals surface area contributed by atoms with Crippen LogP contribution in [0.5, 0.6) is 0 Å². The van der Waals surface area contributed by atoms with E-state index in [-0.39, 0.29) is 49.1 Å². The standard InChI is InChI=1S/C10H16O5.C9H16O4.C8H14O4.C6H10O5.C5H10O2.C4H7Br.Li.2H2O/c1-13-8(11)10(15-3,9(12)14-2)6-7-4-5-7;1-12-8(11)9(6-10,13-2)5-7-3-4-7;1-12-8(5-9,7(10)11)4-6-2-3-6;1-9-4(5(7)10-2)6(8)11-3;6-4-5-2-1-3-7-5;5-3-4-1-2-4;;;/h7H,4-6H2,1-3H3;7,10H,3-6H2,1-2H3;6,9H,2-5H2,1H3,(H,10,11);4H,1-3H3;5-6H,1-4H2;4H,1-3H2;;2*1H2/q;;;;;;+1;;/p-1. The van der Waals surface area contributed by atoms with Crippen molar-refractivity contribution in [2.75, 3.05) is 95.7 Å². The Bertz CT molecular complexity index is 1310. The summed E-state index contributed by atoms with van der Waals surface area (Å²) in [5, 5.41) is 36.5. The SMILES string of the molecule is BrCC1CC1.COC(=O)C(CC1CC1)(OC)C(=O)OC.COC(=O)C(CO)(CC1CC1)OC.COC(=O)C(OC)C(=O)OC.COC(CO)(CC1CC1)C(=O)O.O.OCC1CCCO1.[Li+].[OH-]. The second-order valence-electron chi connectivity index (χ2n) is 15.5. The molecule has 3 unspecified atom stereocenters. The Kier molecular flexibility index (Phi) is 39.7. The van der Waals surface area contributed by atoms with Gasteiger partial charge in [-0.25, -0.2) is 28.8 Å². The second kappa shape index (κ2) is 37.4. The molecule has 0 bridgehead atoms. The van der Waals surface area contributed by atoms with E-state index in [4.69, 9.17) is 39.4 Å². The molecule has 22 nitrogen and oxygen atoms in total. The minimum atomic E-state index is -1.58. The van der Waals surface area contributed by atoms with Gasteiger partial charge in [0.2, 0.25) is 0 Å². The van der Waals surface area contributed by atoms with Crippen LogP contribution in [0.3, 0.4) is 0 Å². The van der Waals surface area contributed by atoms with E-state index in [2.05, 4.69) is 44.4 Å². The molecule has 0 spiro atoms. The van der Waals surface area contributed by atoms with Gasteiger partial charge in [0.15, 0.2) is 11.2 Å². The Morgan fingerprint density at radius 3 is 1.20 bits per heavy atom. The van der Waals surface area contributed by atoms with Gasteiger partial charge >= 0.3 is 54.7 Å². The number of halogens is 1. The summed E-state index contributed by atoms with van der Waals surface area (Å²) >= 11 is 3.38. The third kappa shape index (κ3) is 25.2. The van der Waals surface area contributed by atoms with Gasteiger partial charge in [-0.15, -0.1) is 0 Å². The summed E-state index contributed by atoms with van der Waals surface area (Å²) in [6.07, 6.45) is 11.6. The molecule has 0 radical (unpaired) electrons. The molecule has 5 fully saturated rings. The molecule has 0 aromatic heterocycles. The molecule has 1 saturated heterocycles. The molecular formula is C42H76BrLiO22. The molecule has 0 aromatic rings. The average Bonchev–Trinajstić information content (AvgIpc) is 4.06. The fourth-order valence-corrected chi connectivity index (χ4v) is 6.43. The Labute approximate surface area is 408 Å². The van der Waals surface area contributed by atoms with E-state index in [0.717, 1.165) is 78.1 Å². The number of carboxylic acids is 1. The number of aliphatic carboxylic acids is 1. The first-order chi connectivity index (χ1) is 30.0. The van der Waals surface area contributed by atoms with E-state index in [1.54, 1.807) is 0 Å². The smallest absolute Gasteiger partial charge is 0.870 e. The van der Waals surface area contributed by atoms with Crippen LogP contribution >= 0.6 is 15.9 Å². The minimum absolute atomic E-state index is 0. The monoisotopic (exact) mass is 1020 g/mol. The van der Waals surface area contributed by atoms with Gasteiger partial charge in [0, 0.05) is 46.8 Å². The second-order valence-corrected chi connectivity index (χ2v) is 16.2. The maximum absolute atomic E-state index is 11.6. The van der Waals surface area contributed by atoms with Crippen LogP contribution in [-0.4, -0.2) is 192 Å². The topological polar surface area (TPSA) is 337 Å². The van der Waals surface area contributed by atoms with Gasteiger partial charge in [-0.05, 0) is 62.2 Å². The summed E-state index contributed by atoms with van der Waals surface area (Å²) < 4.78 is 46.8. The predicted molar refractivity (Wildman–Crippen MR) is 232 cm³/mol.